The fourth-order valence-corrected chi connectivity index (χ4v) is 4.34. The van der Waals surface area contributed by atoms with Crippen LogP contribution in [-0.4, -0.2) is 15.0 Å². The van der Waals surface area contributed by atoms with Crippen molar-refractivity contribution in [2.45, 2.75) is 53.9 Å². The van der Waals surface area contributed by atoms with E-state index >= 15 is 0 Å². The summed E-state index contributed by atoms with van der Waals surface area (Å²) in [6, 6.07) is 29.0. The second-order valence-corrected chi connectivity index (χ2v) is 11.3. The zero-order valence-corrected chi connectivity index (χ0v) is 21.2. The van der Waals surface area contributed by atoms with Gasteiger partial charge in [0.1, 0.15) is 0 Å². The summed E-state index contributed by atoms with van der Waals surface area (Å²) in [5.74, 6) is 2.55. The highest BCUT2D eigenvalue weighted by Gasteiger charge is 2.30. The molecule has 0 aliphatic rings. The van der Waals surface area contributed by atoms with E-state index in [2.05, 4.69) is 65.8 Å². The van der Waals surface area contributed by atoms with Crippen molar-refractivity contribution >= 4 is 0 Å². The van der Waals surface area contributed by atoms with E-state index in [-0.39, 0.29) is 10.8 Å². The molecule has 1 heterocycles. The van der Waals surface area contributed by atoms with Crippen LogP contribution in [0, 0.1) is 10.8 Å². The average Bonchev–Trinajstić information content (AvgIpc) is 2.82. The van der Waals surface area contributed by atoms with Crippen LogP contribution in [0.15, 0.2) is 84.9 Å². The Labute approximate surface area is 204 Å². The van der Waals surface area contributed by atoms with E-state index in [9.17, 15) is 0 Å². The number of nitrogens with zero attached hydrogens (tertiary/aromatic N) is 3. The summed E-state index contributed by atoms with van der Waals surface area (Å²) in [6.45, 7) is 14.0. The van der Waals surface area contributed by atoms with Gasteiger partial charge in [-0.15, -0.1) is 0 Å². The Balaban J connectivity index is 1.76. The van der Waals surface area contributed by atoms with Crippen LogP contribution in [0.4, 0.5) is 0 Å². The van der Waals surface area contributed by atoms with Crippen LogP contribution in [0.5, 0.6) is 0 Å². The molecule has 0 aliphatic carbocycles. The lowest BCUT2D eigenvalue weighted by Gasteiger charge is -2.36. The highest BCUT2D eigenvalue weighted by Crippen LogP contribution is 2.43. The summed E-state index contributed by atoms with van der Waals surface area (Å²) >= 11 is 0. The predicted octanol–water partition coefficient (Wildman–Crippen LogP) is 8.44. The highest BCUT2D eigenvalue weighted by atomic mass is 15.0. The molecule has 174 valence electrons. The summed E-state index contributed by atoms with van der Waals surface area (Å²) in [4.78, 5) is 14.5. The molecule has 4 aromatic rings. The molecule has 0 amide bonds. The molecule has 3 aromatic carbocycles. The van der Waals surface area contributed by atoms with E-state index in [1.54, 1.807) is 0 Å². The lowest BCUT2D eigenvalue weighted by molar-refractivity contribution is 0.229. The smallest absolute Gasteiger partial charge is 0.164 e. The normalized spacial score (nSPS) is 13.0. The number of hydrogen-bond acceptors (Lipinski definition) is 3. The molecule has 34 heavy (non-hydrogen) atoms. The Hall–Kier alpha value is -3.33. The van der Waals surface area contributed by atoms with Gasteiger partial charge in [0.15, 0.2) is 17.5 Å². The molecule has 3 heteroatoms. The Kier molecular flexibility index (Phi) is 6.65. The molecule has 1 unspecified atom stereocenters. The molecule has 0 radical (unpaired) electrons. The zero-order chi connectivity index (χ0) is 24.3. The molecular weight excluding hydrogens is 414 g/mol. The number of rotatable bonds is 5. The Morgan fingerprint density at radius 3 is 1.26 bits per heavy atom. The minimum Gasteiger partial charge on any atom is -0.208 e. The Bertz CT molecular complexity index is 1160. The molecule has 3 nitrogen and oxygen atoms in total. The van der Waals surface area contributed by atoms with E-state index in [0.717, 1.165) is 23.1 Å². The number of benzene rings is 3. The largest absolute Gasteiger partial charge is 0.208 e. The molecule has 0 saturated carbocycles. The lowest BCUT2D eigenvalue weighted by Crippen LogP contribution is -2.23. The van der Waals surface area contributed by atoms with Crippen LogP contribution in [0.3, 0.4) is 0 Å². The van der Waals surface area contributed by atoms with Gasteiger partial charge in [0, 0.05) is 16.7 Å². The Morgan fingerprint density at radius 1 is 0.529 bits per heavy atom. The SMILES string of the molecule is CC(C)(C)CC(c1ccc(-c2nc(-c3ccccc3)nc(-c3ccccc3)n2)cc1)C(C)(C)C. The van der Waals surface area contributed by atoms with Gasteiger partial charge in [-0.3, -0.25) is 0 Å². The average molecular weight is 450 g/mol. The van der Waals surface area contributed by atoms with Gasteiger partial charge in [-0.2, -0.15) is 0 Å². The van der Waals surface area contributed by atoms with E-state index in [1.807, 2.05) is 60.7 Å². The van der Waals surface area contributed by atoms with Crippen LogP contribution in [-0.2, 0) is 0 Å². The fraction of sp³-hybridized carbons (Fsp3) is 0.323. The van der Waals surface area contributed by atoms with Crippen LogP contribution < -0.4 is 0 Å². The van der Waals surface area contributed by atoms with Crippen molar-refractivity contribution in [2.75, 3.05) is 0 Å². The lowest BCUT2D eigenvalue weighted by atomic mass is 9.69. The molecule has 0 aliphatic heterocycles. The monoisotopic (exact) mass is 449 g/mol. The van der Waals surface area contributed by atoms with E-state index in [0.29, 0.717) is 23.4 Å². The summed E-state index contributed by atoms with van der Waals surface area (Å²) in [5.41, 5.74) is 4.79. The van der Waals surface area contributed by atoms with Crippen molar-refractivity contribution in [1.29, 1.82) is 0 Å². The van der Waals surface area contributed by atoms with Gasteiger partial charge < -0.3 is 0 Å². The fourth-order valence-electron chi connectivity index (χ4n) is 4.34. The highest BCUT2D eigenvalue weighted by molar-refractivity contribution is 5.66. The van der Waals surface area contributed by atoms with Crippen molar-refractivity contribution in [3.05, 3.63) is 90.5 Å². The molecule has 0 N–H and O–H groups in total. The van der Waals surface area contributed by atoms with Gasteiger partial charge in [-0.05, 0) is 28.7 Å². The van der Waals surface area contributed by atoms with Crippen LogP contribution in [0.1, 0.15) is 59.4 Å². The van der Waals surface area contributed by atoms with Crippen molar-refractivity contribution in [2.24, 2.45) is 10.8 Å². The number of hydrogen-bond donors (Lipinski definition) is 0. The third-order valence-corrected chi connectivity index (χ3v) is 6.13. The molecular formula is C31H35N3. The molecule has 0 bridgehead atoms. The van der Waals surface area contributed by atoms with E-state index in [4.69, 9.17) is 15.0 Å². The van der Waals surface area contributed by atoms with Crippen molar-refractivity contribution in [3.63, 3.8) is 0 Å². The molecule has 1 aromatic heterocycles. The van der Waals surface area contributed by atoms with Crippen molar-refractivity contribution < 1.29 is 0 Å². The molecule has 0 fully saturated rings. The van der Waals surface area contributed by atoms with Gasteiger partial charge >= 0.3 is 0 Å². The van der Waals surface area contributed by atoms with Gasteiger partial charge in [-0.25, -0.2) is 15.0 Å². The molecule has 0 spiro atoms. The summed E-state index contributed by atoms with van der Waals surface area (Å²) in [5, 5.41) is 0. The maximum Gasteiger partial charge on any atom is 0.164 e. The van der Waals surface area contributed by atoms with Crippen LogP contribution >= 0.6 is 0 Å². The number of aromatic nitrogens is 3. The third-order valence-electron chi connectivity index (χ3n) is 6.13. The van der Waals surface area contributed by atoms with Crippen LogP contribution in [0.2, 0.25) is 0 Å². The third kappa shape index (κ3) is 5.77. The standard InChI is InChI=1S/C31H35N3/c1-30(2,3)21-26(31(4,5)6)22-17-19-25(20-18-22)29-33-27(23-13-9-7-10-14-23)32-28(34-29)24-15-11-8-12-16-24/h7-20,26H,21H2,1-6H3. The summed E-state index contributed by atoms with van der Waals surface area (Å²) in [6.07, 6.45) is 1.14. The zero-order valence-electron chi connectivity index (χ0n) is 21.2. The predicted molar refractivity (Wildman–Crippen MR) is 142 cm³/mol. The van der Waals surface area contributed by atoms with Gasteiger partial charge in [-0.1, -0.05) is 126 Å². The maximum atomic E-state index is 4.86. The second kappa shape index (κ2) is 9.50. The van der Waals surface area contributed by atoms with Crippen molar-refractivity contribution in [3.8, 4) is 34.2 Å². The summed E-state index contributed by atoms with van der Waals surface area (Å²) in [7, 11) is 0. The first-order valence-electron chi connectivity index (χ1n) is 12.1. The Morgan fingerprint density at radius 2 is 0.912 bits per heavy atom. The molecule has 0 saturated heterocycles. The molecule has 1 atom stereocenters. The first-order chi connectivity index (χ1) is 16.1. The van der Waals surface area contributed by atoms with Crippen LogP contribution in [0.25, 0.3) is 34.2 Å². The first-order valence-corrected chi connectivity index (χ1v) is 12.1. The maximum absolute atomic E-state index is 4.86. The van der Waals surface area contributed by atoms with Gasteiger partial charge in [0.2, 0.25) is 0 Å². The van der Waals surface area contributed by atoms with E-state index < -0.39 is 0 Å². The minimum absolute atomic E-state index is 0.183. The quantitative estimate of drug-likeness (QED) is 0.307. The van der Waals surface area contributed by atoms with Gasteiger partial charge in [0.25, 0.3) is 0 Å². The van der Waals surface area contributed by atoms with Crippen molar-refractivity contribution in [1.82, 2.24) is 15.0 Å². The summed E-state index contributed by atoms with van der Waals surface area (Å²) < 4.78 is 0. The second-order valence-electron chi connectivity index (χ2n) is 11.3. The topological polar surface area (TPSA) is 38.7 Å². The first kappa shape index (κ1) is 23.8. The van der Waals surface area contributed by atoms with Gasteiger partial charge in [0.05, 0.1) is 0 Å². The minimum atomic E-state index is 0.183. The van der Waals surface area contributed by atoms with E-state index in [1.165, 1.54) is 5.56 Å². The molecule has 4 rings (SSSR count).